The molecule has 1 amide bonds. The molecule has 0 spiro atoms. The van der Waals surface area contributed by atoms with E-state index in [9.17, 15) is 4.79 Å². The third kappa shape index (κ3) is 5.47. The van der Waals surface area contributed by atoms with Crippen LogP contribution >= 0.6 is 0 Å². The van der Waals surface area contributed by atoms with Crippen LogP contribution in [0.5, 0.6) is 0 Å². The minimum absolute atomic E-state index is 0.0837. The fourth-order valence-electron chi connectivity index (χ4n) is 3.52. The summed E-state index contributed by atoms with van der Waals surface area (Å²) in [5.41, 5.74) is 5.19. The summed E-state index contributed by atoms with van der Waals surface area (Å²) < 4.78 is 1.90. The molecule has 5 nitrogen and oxygen atoms in total. The highest BCUT2D eigenvalue weighted by Crippen LogP contribution is 2.19. The molecule has 0 saturated heterocycles. The van der Waals surface area contributed by atoms with Crippen LogP contribution < -0.4 is 10.6 Å². The Morgan fingerprint density at radius 1 is 0.903 bits per heavy atom. The SMILES string of the molecule is Cc1ccc(NC(=O)C(NCc2ccccc2Cn2cccn2)c2ccccc2)cc1. The Bertz CT molecular complexity index is 1110. The summed E-state index contributed by atoms with van der Waals surface area (Å²) in [6.07, 6.45) is 3.73. The maximum atomic E-state index is 13.2. The minimum atomic E-state index is -0.472. The molecule has 1 heterocycles. The van der Waals surface area contributed by atoms with Crippen LogP contribution in [0.4, 0.5) is 5.69 Å². The summed E-state index contributed by atoms with van der Waals surface area (Å²) in [6.45, 7) is 3.29. The molecule has 0 radical (unpaired) electrons. The maximum absolute atomic E-state index is 13.2. The highest BCUT2D eigenvalue weighted by atomic mass is 16.2. The molecule has 0 saturated carbocycles. The Morgan fingerprint density at radius 3 is 2.32 bits per heavy atom. The fraction of sp³-hybridized carbons (Fsp3) is 0.154. The molecule has 0 bridgehead atoms. The van der Waals surface area contributed by atoms with Crippen LogP contribution in [-0.2, 0) is 17.9 Å². The first-order valence-electron chi connectivity index (χ1n) is 10.4. The zero-order valence-electron chi connectivity index (χ0n) is 17.5. The van der Waals surface area contributed by atoms with E-state index in [0.717, 1.165) is 22.4 Å². The zero-order chi connectivity index (χ0) is 21.5. The van der Waals surface area contributed by atoms with Gasteiger partial charge in [-0.1, -0.05) is 72.3 Å². The van der Waals surface area contributed by atoms with Crippen molar-refractivity contribution in [2.75, 3.05) is 5.32 Å². The van der Waals surface area contributed by atoms with Gasteiger partial charge in [-0.3, -0.25) is 14.8 Å². The number of amides is 1. The van der Waals surface area contributed by atoms with Crippen molar-refractivity contribution < 1.29 is 4.79 Å². The van der Waals surface area contributed by atoms with Crippen LogP contribution in [0, 0.1) is 6.92 Å². The van der Waals surface area contributed by atoms with Gasteiger partial charge in [0.1, 0.15) is 6.04 Å². The van der Waals surface area contributed by atoms with Gasteiger partial charge in [0.15, 0.2) is 0 Å². The molecule has 156 valence electrons. The number of carbonyl (C=O) groups is 1. The highest BCUT2D eigenvalue weighted by molar-refractivity contribution is 5.95. The Hall–Kier alpha value is -3.70. The number of carbonyl (C=O) groups excluding carboxylic acids is 1. The monoisotopic (exact) mass is 410 g/mol. The van der Waals surface area contributed by atoms with E-state index in [2.05, 4.69) is 27.9 Å². The first-order valence-corrected chi connectivity index (χ1v) is 10.4. The molecule has 1 atom stereocenters. The summed E-state index contributed by atoms with van der Waals surface area (Å²) in [5, 5.41) is 10.8. The molecule has 4 rings (SSSR count). The van der Waals surface area contributed by atoms with E-state index in [-0.39, 0.29) is 5.91 Å². The van der Waals surface area contributed by atoms with E-state index in [1.54, 1.807) is 6.20 Å². The van der Waals surface area contributed by atoms with E-state index in [0.29, 0.717) is 13.1 Å². The second kappa shape index (κ2) is 9.87. The smallest absolute Gasteiger partial charge is 0.246 e. The average Bonchev–Trinajstić information content (AvgIpc) is 3.30. The lowest BCUT2D eigenvalue weighted by Crippen LogP contribution is -2.33. The molecule has 0 fully saturated rings. The van der Waals surface area contributed by atoms with Gasteiger partial charge in [-0.25, -0.2) is 0 Å². The highest BCUT2D eigenvalue weighted by Gasteiger charge is 2.20. The molecule has 1 unspecified atom stereocenters. The molecule has 1 aromatic heterocycles. The summed E-state index contributed by atoms with van der Waals surface area (Å²) >= 11 is 0. The van der Waals surface area contributed by atoms with Crippen molar-refractivity contribution in [3.05, 3.63) is 120 Å². The predicted octanol–water partition coefficient (Wildman–Crippen LogP) is 4.71. The molecule has 0 aliphatic heterocycles. The maximum Gasteiger partial charge on any atom is 0.246 e. The van der Waals surface area contributed by atoms with Gasteiger partial charge < -0.3 is 5.32 Å². The van der Waals surface area contributed by atoms with E-state index in [1.165, 1.54) is 5.56 Å². The topological polar surface area (TPSA) is 59.0 Å². The van der Waals surface area contributed by atoms with Crippen LogP contribution in [0.3, 0.4) is 0 Å². The van der Waals surface area contributed by atoms with Gasteiger partial charge in [-0.05, 0) is 41.8 Å². The second-order valence-corrected chi connectivity index (χ2v) is 7.55. The van der Waals surface area contributed by atoms with Gasteiger partial charge in [0.05, 0.1) is 6.54 Å². The molecule has 0 aliphatic carbocycles. The van der Waals surface area contributed by atoms with E-state index >= 15 is 0 Å². The number of nitrogens with one attached hydrogen (secondary N) is 2. The zero-order valence-corrected chi connectivity index (χ0v) is 17.5. The van der Waals surface area contributed by atoms with E-state index < -0.39 is 6.04 Å². The second-order valence-electron chi connectivity index (χ2n) is 7.55. The number of hydrogen-bond donors (Lipinski definition) is 2. The number of benzene rings is 3. The fourth-order valence-corrected chi connectivity index (χ4v) is 3.52. The lowest BCUT2D eigenvalue weighted by atomic mass is 10.0. The molecular weight excluding hydrogens is 384 g/mol. The first kappa shape index (κ1) is 20.6. The normalized spacial score (nSPS) is 11.8. The van der Waals surface area contributed by atoms with Crippen molar-refractivity contribution in [3.63, 3.8) is 0 Å². The van der Waals surface area contributed by atoms with Gasteiger partial charge in [-0.2, -0.15) is 5.10 Å². The lowest BCUT2D eigenvalue weighted by Gasteiger charge is -2.20. The van der Waals surface area contributed by atoms with Crippen LogP contribution in [0.15, 0.2) is 97.3 Å². The third-order valence-electron chi connectivity index (χ3n) is 5.22. The van der Waals surface area contributed by atoms with Crippen LogP contribution in [0.2, 0.25) is 0 Å². The number of nitrogens with zero attached hydrogens (tertiary/aromatic N) is 2. The molecule has 3 aromatic carbocycles. The number of rotatable bonds is 8. The van der Waals surface area contributed by atoms with Crippen LogP contribution in [0.25, 0.3) is 0 Å². The number of aryl methyl sites for hydroxylation is 1. The van der Waals surface area contributed by atoms with Crippen molar-refractivity contribution in [2.45, 2.75) is 26.1 Å². The summed E-state index contributed by atoms with van der Waals surface area (Å²) in [7, 11) is 0. The average molecular weight is 411 g/mol. The van der Waals surface area contributed by atoms with Crippen LogP contribution in [-0.4, -0.2) is 15.7 Å². The standard InChI is InChI=1S/C26H26N4O/c1-20-12-14-24(15-13-20)29-26(31)25(21-8-3-2-4-9-21)27-18-22-10-5-6-11-23(22)19-30-17-7-16-28-30/h2-17,25,27H,18-19H2,1H3,(H,29,31). The molecule has 2 N–H and O–H groups in total. The quantitative estimate of drug-likeness (QED) is 0.442. The Morgan fingerprint density at radius 2 is 1.61 bits per heavy atom. The lowest BCUT2D eigenvalue weighted by molar-refractivity contribution is -0.118. The van der Waals surface area contributed by atoms with Crippen molar-refractivity contribution in [1.82, 2.24) is 15.1 Å². The number of anilines is 1. The van der Waals surface area contributed by atoms with Gasteiger partial charge in [0.2, 0.25) is 5.91 Å². The van der Waals surface area contributed by atoms with Crippen LogP contribution in [0.1, 0.15) is 28.3 Å². The van der Waals surface area contributed by atoms with Gasteiger partial charge in [0, 0.05) is 24.6 Å². The van der Waals surface area contributed by atoms with Gasteiger partial charge >= 0.3 is 0 Å². The first-order chi connectivity index (χ1) is 15.2. The Balaban J connectivity index is 1.52. The summed E-state index contributed by atoms with van der Waals surface area (Å²) in [4.78, 5) is 13.2. The summed E-state index contributed by atoms with van der Waals surface area (Å²) in [6, 6.07) is 27.3. The molecule has 31 heavy (non-hydrogen) atoms. The Labute approximate surface area is 182 Å². The number of hydrogen-bond acceptors (Lipinski definition) is 3. The Kier molecular flexibility index (Phi) is 6.55. The predicted molar refractivity (Wildman–Crippen MR) is 124 cm³/mol. The molecule has 0 aliphatic rings. The molecule has 4 aromatic rings. The van der Waals surface area contributed by atoms with Crippen molar-refractivity contribution in [3.8, 4) is 0 Å². The molecule has 5 heteroatoms. The summed E-state index contributed by atoms with van der Waals surface area (Å²) in [5.74, 6) is -0.0837. The van der Waals surface area contributed by atoms with Crippen molar-refractivity contribution in [1.29, 1.82) is 0 Å². The third-order valence-corrected chi connectivity index (χ3v) is 5.22. The van der Waals surface area contributed by atoms with E-state index in [4.69, 9.17) is 0 Å². The van der Waals surface area contributed by atoms with Crippen molar-refractivity contribution >= 4 is 11.6 Å². The van der Waals surface area contributed by atoms with E-state index in [1.807, 2.05) is 90.6 Å². The molecular formula is C26H26N4O. The van der Waals surface area contributed by atoms with Crippen molar-refractivity contribution in [2.24, 2.45) is 0 Å². The number of aromatic nitrogens is 2. The largest absolute Gasteiger partial charge is 0.324 e. The minimum Gasteiger partial charge on any atom is -0.324 e. The van der Waals surface area contributed by atoms with Gasteiger partial charge in [-0.15, -0.1) is 0 Å². The van der Waals surface area contributed by atoms with Gasteiger partial charge in [0.25, 0.3) is 0 Å².